The van der Waals surface area contributed by atoms with E-state index in [0.717, 1.165) is 0 Å². The molecule has 0 N–H and O–H groups in total. The van der Waals surface area contributed by atoms with Crippen LogP contribution in [0.4, 0.5) is 5.69 Å². The van der Waals surface area contributed by atoms with Crippen molar-refractivity contribution in [3.8, 4) is 0 Å². The monoisotopic (exact) mass is 300 g/mol. The molecule has 0 saturated carbocycles. The fourth-order valence-electron chi connectivity index (χ4n) is 1.97. The van der Waals surface area contributed by atoms with Gasteiger partial charge in [-0.15, -0.1) is 0 Å². The van der Waals surface area contributed by atoms with Crippen molar-refractivity contribution in [1.29, 1.82) is 0 Å². The number of benzene rings is 1. The highest BCUT2D eigenvalue weighted by Crippen LogP contribution is 2.23. The van der Waals surface area contributed by atoms with E-state index in [4.69, 9.17) is 4.42 Å². The van der Waals surface area contributed by atoms with Crippen LogP contribution >= 0.6 is 0 Å². The molecule has 6 nitrogen and oxygen atoms in total. The minimum absolute atomic E-state index is 0.0105. The first-order valence-corrected chi connectivity index (χ1v) is 6.72. The van der Waals surface area contributed by atoms with Crippen LogP contribution in [-0.4, -0.2) is 22.8 Å². The number of non-ortho nitro benzene ring substituents is 1. The SMILES string of the molecule is C[C@H](c1cccc([N+](=O)[O-])c1)N(C)C(=O)/C=C/c1ccco1. The number of nitro groups is 1. The molecule has 1 atom stereocenters. The van der Waals surface area contributed by atoms with Crippen LogP contribution in [0.5, 0.6) is 0 Å². The normalized spacial score (nSPS) is 12.3. The first-order valence-electron chi connectivity index (χ1n) is 6.72. The molecular formula is C16H16N2O4. The number of hydrogen-bond donors (Lipinski definition) is 0. The molecule has 0 spiro atoms. The number of carbonyl (C=O) groups excluding carboxylic acids is 1. The molecule has 0 fully saturated rings. The second-order valence-corrected chi connectivity index (χ2v) is 4.83. The summed E-state index contributed by atoms with van der Waals surface area (Å²) in [5.41, 5.74) is 0.716. The zero-order valence-corrected chi connectivity index (χ0v) is 12.3. The Morgan fingerprint density at radius 2 is 2.14 bits per heavy atom. The van der Waals surface area contributed by atoms with Gasteiger partial charge in [-0.05, 0) is 30.7 Å². The van der Waals surface area contributed by atoms with Crippen molar-refractivity contribution in [3.63, 3.8) is 0 Å². The van der Waals surface area contributed by atoms with E-state index in [-0.39, 0.29) is 17.6 Å². The van der Waals surface area contributed by atoms with Gasteiger partial charge in [-0.3, -0.25) is 14.9 Å². The number of likely N-dealkylation sites (N-methyl/N-ethyl adjacent to an activating group) is 1. The molecule has 22 heavy (non-hydrogen) atoms. The van der Waals surface area contributed by atoms with Gasteiger partial charge in [0, 0.05) is 25.3 Å². The van der Waals surface area contributed by atoms with Crippen molar-refractivity contribution >= 4 is 17.7 Å². The Morgan fingerprint density at radius 1 is 1.36 bits per heavy atom. The van der Waals surface area contributed by atoms with Gasteiger partial charge >= 0.3 is 0 Å². The molecule has 1 aromatic heterocycles. The van der Waals surface area contributed by atoms with Gasteiger partial charge in [-0.2, -0.15) is 0 Å². The maximum atomic E-state index is 12.1. The van der Waals surface area contributed by atoms with Crippen LogP contribution in [0.15, 0.2) is 53.2 Å². The van der Waals surface area contributed by atoms with Crippen LogP contribution in [-0.2, 0) is 4.79 Å². The van der Waals surface area contributed by atoms with Gasteiger partial charge in [-0.1, -0.05) is 12.1 Å². The minimum Gasteiger partial charge on any atom is -0.465 e. The fourth-order valence-corrected chi connectivity index (χ4v) is 1.97. The van der Waals surface area contributed by atoms with Crippen LogP contribution in [0, 0.1) is 10.1 Å². The molecule has 0 bridgehead atoms. The summed E-state index contributed by atoms with van der Waals surface area (Å²) in [5, 5.41) is 10.8. The molecule has 6 heteroatoms. The molecule has 1 aromatic carbocycles. The van der Waals surface area contributed by atoms with E-state index in [2.05, 4.69) is 0 Å². The first-order chi connectivity index (χ1) is 10.5. The summed E-state index contributed by atoms with van der Waals surface area (Å²) in [6.45, 7) is 1.82. The fraction of sp³-hybridized carbons (Fsp3) is 0.188. The molecule has 0 saturated heterocycles. The molecular weight excluding hydrogens is 284 g/mol. The lowest BCUT2D eigenvalue weighted by Gasteiger charge is -2.24. The van der Waals surface area contributed by atoms with Crippen LogP contribution in [0.25, 0.3) is 6.08 Å². The van der Waals surface area contributed by atoms with Gasteiger partial charge in [-0.25, -0.2) is 0 Å². The molecule has 1 amide bonds. The first kappa shape index (κ1) is 15.5. The summed E-state index contributed by atoms with van der Waals surface area (Å²) in [7, 11) is 1.65. The minimum atomic E-state index is -0.450. The van der Waals surface area contributed by atoms with Crippen LogP contribution in [0.1, 0.15) is 24.3 Å². The number of nitro benzene ring substituents is 1. The molecule has 0 unspecified atom stereocenters. The summed E-state index contributed by atoms with van der Waals surface area (Å²) in [4.78, 5) is 24.0. The number of carbonyl (C=O) groups is 1. The predicted molar refractivity (Wildman–Crippen MR) is 82.0 cm³/mol. The standard InChI is InChI=1S/C16H16N2O4/c1-12(13-5-3-6-14(11-13)18(20)21)17(2)16(19)9-8-15-7-4-10-22-15/h3-12H,1-2H3/b9-8+/t12-/m1/s1. The predicted octanol–water partition coefficient (Wildman–Crippen LogP) is 3.42. The number of nitrogens with zero attached hydrogens (tertiary/aromatic N) is 2. The highest BCUT2D eigenvalue weighted by Gasteiger charge is 2.17. The number of rotatable bonds is 5. The molecule has 114 valence electrons. The maximum absolute atomic E-state index is 12.1. The van der Waals surface area contributed by atoms with Crippen molar-refractivity contribution in [3.05, 3.63) is 70.2 Å². The average Bonchev–Trinajstić information content (AvgIpc) is 3.04. The summed E-state index contributed by atoms with van der Waals surface area (Å²) < 4.78 is 5.12. The van der Waals surface area contributed by atoms with Crippen LogP contribution in [0.2, 0.25) is 0 Å². The van der Waals surface area contributed by atoms with Crippen molar-refractivity contribution in [2.24, 2.45) is 0 Å². The van der Waals surface area contributed by atoms with Gasteiger partial charge in [0.2, 0.25) is 5.91 Å². The van der Waals surface area contributed by atoms with Gasteiger partial charge < -0.3 is 9.32 Å². The van der Waals surface area contributed by atoms with Crippen LogP contribution in [0.3, 0.4) is 0 Å². The third-order valence-electron chi connectivity index (χ3n) is 3.43. The van der Waals surface area contributed by atoms with E-state index in [0.29, 0.717) is 11.3 Å². The van der Waals surface area contributed by atoms with E-state index in [1.165, 1.54) is 29.4 Å². The number of furan rings is 1. The van der Waals surface area contributed by atoms with Gasteiger partial charge in [0.1, 0.15) is 5.76 Å². The van der Waals surface area contributed by atoms with E-state index in [9.17, 15) is 14.9 Å². The number of amides is 1. The molecule has 2 aromatic rings. The Balaban J connectivity index is 2.11. The van der Waals surface area contributed by atoms with Crippen LogP contribution < -0.4 is 0 Å². The van der Waals surface area contributed by atoms with Crippen molar-refractivity contribution < 1.29 is 14.1 Å². The van der Waals surface area contributed by atoms with Crippen molar-refractivity contribution in [2.45, 2.75) is 13.0 Å². The summed E-state index contributed by atoms with van der Waals surface area (Å²) in [6.07, 6.45) is 4.52. The van der Waals surface area contributed by atoms with Gasteiger partial charge in [0.05, 0.1) is 17.2 Å². The topological polar surface area (TPSA) is 76.6 Å². The van der Waals surface area contributed by atoms with E-state index < -0.39 is 4.92 Å². The Morgan fingerprint density at radius 3 is 2.77 bits per heavy atom. The maximum Gasteiger partial charge on any atom is 0.269 e. The second kappa shape index (κ2) is 6.71. The highest BCUT2D eigenvalue weighted by atomic mass is 16.6. The summed E-state index contributed by atoms with van der Waals surface area (Å²) >= 11 is 0. The largest absolute Gasteiger partial charge is 0.465 e. The third kappa shape index (κ3) is 3.60. The highest BCUT2D eigenvalue weighted by molar-refractivity contribution is 5.91. The molecule has 1 heterocycles. The quantitative estimate of drug-likeness (QED) is 0.481. The van der Waals surface area contributed by atoms with Crippen molar-refractivity contribution in [1.82, 2.24) is 4.90 Å². The molecule has 0 aliphatic heterocycles. The second-order valence-electron chi connectivity index (χ2n) is 4.83. The smallest absolute Gasteiger partial charge is 0.269 e. The molecule has 2 rings (SSSR count). The van der Waals surface area contributed by atoms with Gasteiger partial charge in [0.15, 0.2) is 0 Å². The third-order valence-corrected chi connectivity index (χ3v) is 3.43. The molecule has 0 aliphatic rings. The summed E-state index contributed by atoms with van der Waals surface area (Å²) in [6, 6.07) is 9.47. The zero-order valence-electron chi connectivity index (χ0n) is 12.3. The van der Waals surface area contributed by atoms with E-state index >= 15 is 0 Å². The average molecular weight is 300 g/mol. The Hall–Kier alpha value is -2.89. The van der Waals surface area contributed by atoms with Crippen molar-refractivity contribution in [2.75, 3.05) is 7.05 Å². The zero-order chi connectivity index (χ0) is 16.1. The Labute approximate surface area is 127 Å². The van der Waals surface area contributed by atoms with E-state index in [1.54, 1.807) is 37.4 Å². The Kier molecular flexibility index (Phi) is 4.73. The lowest BCUT2D eigenvalue weighted by molar-refractivity contribution is -0.384. The number of hydrogen-bond acceptors (Lipinski definition) is 4. The Bertz CT molecular complexity index is 692. The van der Waals surface area contributed by atoms with E-state index in [1.807, 2.05) is 6.92 Å². The lowest BCUT2D eigenvalue weighted by Crippen LogP contribution is -2.28. The van der Waals surface area contributed by atoms with Gasteiger partial charge in [0.25, 0.3) is 5.69 Å². The lowest BCUT2D eigenvalue weighted by atomic mass is 10.1. The molecule has 0 radical (unpaired) electrons. The molecule has 0 aliphatic carbocycles. The summed E-state index contributed by atoms with van der Waals surface area (Å²) in [5.74, 6) is 0.375.